The largest absolute Gasteiger partial charge is 0.385 e. The van der Waals surface area contributed by atoms with Crippen LogP contribution in [-0.2, 0) is 4.74 Å². The van der Waals surface area contributed by atoms with Gasteiger partial charge in [0.2, 0.25) is 0 Å². The number of anilines is 1. The smallest absolute Gasteiger partial charge is 0.170 e. The second kappa shape index (κ2) is 8.02. The first-order valence-electron chi connectivity index (χ1n) is 5.23. The fraction of sp³-hybridized carbons (Fsp3) is 0.364. The van der Waals surface area contributed by atoms with Gasteiger partial charge in [0, 0.05) is 20.3 Å². The van der Waals surface area contributed by atoms with E-state index in [-0.39, 0.29) is 0 Å². The van der Waals surface area contributed by atoms with E-state index >= 15 is 0 Å². The number of thiocarbonyl (C=S) groups is 1. The minimum absolute atomic E-state index is 0.409. The van der Waals surface area contributed by atoms with E-state index in [1.54, 1.807) is 19.2 Å². The SMILES string of the molecule is COCCCNC(=S)Nc1cc(Cl)c(Cl)cc1Cl. The Bertz CT molecular complexity index is 429. The van der Waals surface area contributed by atoms with Crippen LogP contribution >= 0.6 is 47.0 Å². The summed E-state index contributed by atoms with van der Waals surface area (Å²) >= 11 is 22.9. The molecule has 100 valence electrons. The Morgan fingerprint density at radius 1 is 1.22 bits per heavy atom. The number of nitrogens with one attached hydrogen (secondary N) is 2. The molecule has 0 atom stereocenters. The second-order valence-electron chi connectivity index (χ2n) is 3.47. The highest BCUT2D eigenvalue weighted by Crippen LogP contribution is 2.32. The van der Waals surface area contributed by atoms with Crippen molar-refractivity contribution in [2.75, 3.05) is 25.6 Å². The lowest BCUT2D eigenvalue weighted by atomic mass is 10.3. The molecule has 0 fully saturated rings. The number of hydrogen-bond donors (Lipinski definition) is 2. The highest BCUT2D eigenvalue weighted by Gasteiger charge is 2.07. The molecular formula is C11H13Cl3N2OS. The van der Waals surface area contributed by atoms with Crippen LogP contribution in [0.25, 0.3) is 0 Å². The highest BCUT2D eigenvalue weighted by molar-refractivity contribution is 7.80. The Kier molecular flexibility index (Phi) is 7.04. The molecule has 3 nitrogen and oxygen atoms in total. The third kappa shape index (κ3) is 5.16. The molecule has 0 heterocycles. The molecule has 0 amide bonds. The maximum absolute atomic E-state index is 6.02. The zero-order valence-corrected chi connectivity index (χ0v) is 12.8. The standard InChI is InChI=1S/C11H13Cl3N2OS/c1-17-4-2-3-15-11(18)16-10-6-8(13)7(12)5-9(10)14/h5-6H,2-4H2,1H3,(H2,15,16,18). The molecule has 0 saturated carbocycles. The van der Waals surface area contributed by atoms with E-state index in [4.69, 9.17) is 51.8 Å². The maximum Gasteiger partial charge on any atom is 0.170 e. The van der Waals surface area contributed by atoms with Crippen LogP contribution in [0.3, 0.4) is 0 Å². The molecule has 1 rings (SSSR count). The van der Waals surface area contributed by atoms with Crippen molar-refractivity contribution in [1.82, 2.24) is 5.32 Å². The average Bonchev–Trinajstić information content (AvgIpc) is 2.32. The van der Waals surface area contributed by atoms with E-state index in [0.717, 1.165) is 13.0 Å². The Hall–Kier alpha value is -0.260. The van der Waals surface area contributed by atoms with E-state index in [1.165, 1.54) is 0 Å². The zero-order valence-electron chi connectivity index (χ0n) is 9.73. The molecular weight excluding hydrogens is 315 g/mol. The number of rotatable bonds is 5. The van der Waals surface area contributed by atoms with Gasteiger partial charge in [-0.25, -0.2) is 0 Å². The molecule has 0 aliphatic heterocycles. The summed E-state index contributed by atoms with van der Waals surface area (Å²) in [5, 5.41) is 7.76. The van der Waals surface area contributed by atoms with Crippen molar-refractivity contribution in [3.8, 4) is 0 Å². The predicted octanol–water partition coefficient (Wildman–Crippen LogP) is 3.97. The number of ether oxygens (including phenoxy) is 1. The van der Waals surface area contributed by atoms with E-state index in [9.17, 15) is 0 Å². The third-order valence-electron chi connectivity index (χ3n) is 2.07. The zero-order chi connectivity index (χ0) is 13.5. The van der Waals surface area contributed by atoms with Crippen molar-refractivity contribution in [2.24, 2.45) is 0 Å². The van der Waals surface area contributed by atoms with Crippen molar-refractivity contribution in [3.63, 3.8) is 0 Å². The van der Waals surface area contributed by atoms with Gasteiger partial charge >= 0.3 is 0 Å². The second-order valence-corrected chi connectivity index (χ2v) is 5.10. The fourth-order valence-electron chi connectivity index (χ4n) is 1.20. The number of halogens is 3. The molecule has 0 aliphatic rings. The molecule has 1 aromatic rings. The lowest BCUT2D eigenvalue weighted by Crippen LogP contribution is -2.29. The molecule has 0 aliphatic carbocycles. The Labute approximate surface area is 127 Å². The molecule has 0 aromatic heterocycles. The summed E-state index contributed by atoms with van der Waals surface area (Å²) in [5.41, 5.74) is 0.621. The molecule has 18 heavy (non-hydrogen) atoms. The Morgan fingerprint density at radius 3 is 2.56 bits per heavy atom. The van der Waals surface area contributed by atoms with Crippen molar-refractivity contribution in [3.05, 3.63) is 27.2 Å². The number of benzene rings is 1. The lowest BCUT2D eigenvalue weighted by molar-refractivity contribution is 0.196. The van der Waals surface area contributed by atoms with Crippen LogP contribution in [0.4, 0.5) is 5.69 Å². The first kappa shape index (κ1) is 15.8. The van der Waals surface area contributed by atoms with Gasteiger partial charge in [0.05, 0.1) is 20.8 Å². The molecule has 0 bridgehead atoms. The summed E-state index contributed by atoms with van der Waals surface area (Å²) in [7, 11) is 1.66. The lowest BCUT2D eigenvalue weighted by Gasteiger charge is -2.12. The highest BCUT2D eigenvalue weighted by atomic mass is 35.5. The summed E-state index contributed by atoms with van der Waals surface area (Å²) in [4.78, 5) is 0. The normalized spacial score (nSPS) is 10.2. The Balaban J connectivity index is 2.51. The van der Waals surface area contributed by atoms with Crippen LogP contribution in [0.5, 0.6) is 0 Å². The molecule has 0 unspecified atom stereocenters. The quantitative estimate of drug-likeness (QED) is 0.487. The van der Waals surface area contributed by atoms with Crippen LogP contribution in [-0.4, -0.2) is 25.4 Å². The Morgan fingerprint density at radius 2 is 1.89 bits per heavy atom. The van der Waals surface area contributed by atoms with Crippen molar-refractivity contribution < 1.29 is 4.74 Å². The van der Waals surface area contributed by atoms with Gasteiger partial charge in [0.25, 0.3) is 0 Å². The van der Waals surface area contributed by atoms with E-state index in [0.29, 0.717) is 32.5 Å². The van der Waals surface area contributed by atoms with Crippen molar-refractivity contribution >= 4 is 57.8 Å². The van der Waals surface area contributed by atoms with Gasteiger partial charge in [-0.2, -0.15) is 0 Å². The van der Waals surface area contributed by atoms with Gasteiger partial charge in [-0.3, -0.25) is 0 Å². The molecule has 0 spiro atoms. The molecule has 0 radical (unpaired) electrons. The van der Waals surface area contributed by atoms with Gasteiger partial charge in [-0.15, -0.1) is 0 Å². The summed E-state index contributed by atoms with van der Waals surface area (Å²) < 4.78 is 4.93. The van der Waals surface area contributed by atoms with Crippen LogP contribution in [0.15, 0.2) is 12.1 Å². The van der Waals surface area contributed by atoms with E-state index in [1.807, 2.05) is 0 Å². The first-order chi connectivity index (χ1) is 8.54. The molecule has 1 aromatic carbocycles. The third-order valence-corrected chi connectivity index (χ3v) is 3.35. The van der Waals surface area contributed by atoms with Gasteiger partial charge < -0.3 is 15.4 Å². The van der Waals surface area contributed by atoms with Crippen LogP contribution in [0.1, 0.15) is 6.42 Å². The number of hydrogen-bond acceptors (Lipinski definition) is 2. The van der Waals surface area contributed by atoms with Gasteiger partial charge in [0.15, 0.2) is 5.11 Å². The fourth-order valence-corrected chi connectivity index (χ4v) is 2.01. The molecule has 0 saturated heterocycles. The van der Waals surface area contributed by atoms with Gasteiger partial charge in [-0.1, -0.05) is 34.8 Å². The van der Waals surface area contributed by atoms with E-state index in [2.05, 4.69) is 10.6 Å². The maximum atomic E-state index is 6.02. The van der Waals surface area contributed by atoms with Gasteiger partial charge in [0.1, 0.15) is 0 Å². The molecule has 7 heteroatoms. The summed E-state index contributed by atoms with van der Waals surface area (Å²) in [6.07, 6.45) is 0.868. The van der Waals surface area contributed by atoms with Crippen LogP contribution < -0.4 is 10.6 Å². The van der Waals surface area contributed by atoms with E-state index < -0.39 is 0 Å². The minimum Gasteiger partial charge on any atom is -0.385 e. The van der Waals surface area contributed by atoms with Gasteiger partial charge in [-0.05, 0) is 30.8 Å². The van der Waals surface area contributed by atoms with Crippen LogP contribution in [0.2, 0.25) is 15.1 Å². The summed E-state index contributed by atoms with van der Waals surface area (Å²) in [6, 6.07) is 3.21. The number of methoxy groups -OCH3 is 1. The summed E-state index contributed by atoms with van der Waals surface area (Å²) in [6.45, 7) is 1.40. The average molecular weight is 328 g/mol. The monoisotopic (exact) mass is 326 g/mol. The topological polar surface area (TPSA) is 33.3 Å². The summed E-state index contributed by atoms with van der Waals surface area (Å²) in [5.74, 6) is 0. The van der Waals surface area contributed by atoms with Crippen molar-refractivity contribution in [2.45, 2.75) is 6.42 Å². The first-order valence-corrected chi connectivity index (χ1v) is 6.77. The van der Waals surface area contributed by atoms with Crippen LogP contribution in [0, 0.1) is 0 Å². The molecule has 2 N–H and O–H groups in total. The minimum atomic E-state index is 0.409. The van der Waals surface area contributed by atoms with Crippen molar-refractivity contribution in [1.29, 1.82) is 0 Å². The predicted molar refractivity (Wildman–Crippen MR) is 82.2 cm³/mol.